The van der Waals surface area contributed by atoms with Crippen molar-refractivity contribution in [3.05, 3.63) is 29.3 Å². The fraction of sp³-hybridized carbons (Fsp3) is 0.500. The Balaban J connectivity index is 2.47. The van der Waals surface area contributed by atoms with Gasteiger partial charge in [-0.3, -0.25) is 9.59 Å². The lowest BCUT2D eigenvalue weighted by atomic mass is 10.1. The largest absolute Gasteiger partial charge is 0.496 e. The van der Waals surface area contributed by atoms with Gasteiger partial charge in [-0.25, -0.2) is 0 Å². The van der Waals surface area contributed by atoms with E-state index in [2.05, 4.69) is 5.32 Å². The van der Waals surface area contributed by atoms with Crippen LogP contribution in [0.4, 0.5) is 0 Å². The Hall–Kier alpha value is -2.04. The summed E-state index contributed by atoms with van der Waals surface area (Å²) < 4.78 is 10.2. The molecule has 1 amide bonds. The zero-order valence-electron chi connectivity index (χ0n) is 13.1. The maximum absolute atomic E-state index is 11.8. The van der Waals surface area contributed by atoms with E-state index in [1.807, 2.05) is 39.0 Å². The molecule has 0 unspecified atom stereocenters. The summed E-state index contributed by atoms with van der Waals surface area (Å²) in [6.07, 6.45) is 0.0856. The molecule has 0 aromatic heterocycles. The number of hydrogen-bond donors (Lipinski definition) is 1. The Morgan fingerprint density at radius 1 is 1.29 bits per heavy atom. The predicted octanol–water partition coefficient (Wildman–Crippen LogP) is 1.86. The van der Waals surface area contributed by atoms with E-state index in [4.69, 9.17) is 9.47 Å². The molecule has 0 radical (unpaired) electrons. The van der Waals surface area contributed by atoms with Gasteiger partial charge >= 0.3 is 5.97 Å². The second-order valence-corrected chi connectivity index (χ2v) is 5.35. The molecule has 0 saturated carbocycles. The molecule has 0 fully saturated rings. The monoisotopic (exact) mass is 293 g/mol. The van der Waals surface area contributed by atoms with Gasteiger partial charge in [0.2, 0.25) is 0 Å². The Kier molecular flexibility index (Phi) is 6.72. The molecule has 1 aromatic carbocycles. The normalized spacial score (nSPS) is 10.3. The van der Waals surface area contributed by atoms with Gasteiger partial charge in [0.15, 0.2) is 6.61 Å². The zero-order valence-corrected chi connectivity index (χ0v) is 13.1. The van der Waals surface area contributed by atoms with Gasteiger partial charge in [0.1, 0.15) is 5.75 Å². The van der Waals surface area contributed by atoms with Gasteiger partial charge in [0, 0.05) is 12.1 Å². The van der Waals surface area contributed by atoms with Crippen LogP contribution in [0.1, 0.15) is 25.0 Å². The van der Waals surface area contributed by atoms with Crippen molar-refractivity contribution in [2.45, 2.75) is 27.2 Å². The topological polar surface area (TPSA) is 64.6 Å². The van der Waals surface area contributed by atoms with Crippen LogP contribution in [0.3, 0.4) is 0 Å². The first-order chi connectivity index (χ1) is 9.92. The predicted molar refractivity (Wildman–Crippen MR) is 80.2 cm³/mol. The van der Waals surface area contributed by atoms with Gasteiger partial charge in [-0.15, -0.1) is 0 Å². The Bertz CT molecular complexity index is 497. The molecular weight excluding hydrogens is 270 g/mol. The number of methoxy groups -OCH3 is 1. The summed E-state index contributed by atoms with van der Waals surface area (Å²) in [6.45, 7) is 6.25. The van der Waals surface area contributed by atoms with Crippen LogP contribution in [0, 0.1) is 12.8 Å². The van der Waals surface area contributed by atoms with E-state index in [0.717, 1.165) is 11.1 Å². The van der Waals surface area contributed by atoms with Gasteiger partial charge in [-0.05, 0) is 18.9 Å². The second kappa shape index (κ2) is 8.29. The van der Waals surface area contributed by atoms with Crippen molar-refractivity contribution in [2.75, 3.05) is 20.3 Å². The summed E-state index contributed by atoms with van der Waals surface area (Å²) in [4.78, 5) is 23.2. The summed E-state index contributed by atoms with van der Waals surface area (Å²) in [5.41, 5.74) is 1.79. The lowest BCUT2D eigenvalue weighted by Crippen LogP contribution is -2.31. The first-order valence-electron chi connectivity index (χ1n) is 6.98. The summed E-state index contributed by atoms with van der Waals surface area (Å²) in [6, 6.07) is 5.60. The van der Waals surface area contributed by atoms with Crippen molar-refractivity contribution in [3.63, 3.8) is 0 Å². The van der Waals surface area contributed by atoms with Gasteiger partial charge in [-0.1, -0.05) is 31.5 Å². The minimum atomic E-state index is -0.446. The third kappa shape index (κ3) is 6.29. The Morgan fingerprint density at radius 3 is 2.62 bits per heavy atom. The molecule has 0 bridgehead atoms. The number of rotatable bonds is 7. The van der Waals surface area contributed by atoms with Crippen molar-refractivity contribution < 1.29 is 19.1 Å². The number of benzene rings is 1. The zero-order chi connectivity index (χ0) is 15.8. The van der Waals surface area contributed by atoms with Crippen LogP contribution in [0.5, 0.6) is 5.75 Å². The smallest absolute Gasteiger partial charge is 0.310 e. The molecule has 0 aliphatic carbocycles. The molecular formula is C16H23NO4. The average Bonchev–Trinajstić information content (AvgIpc) is 2.43. The highest BCUT2D eigenvalue weighted by Gasteiger charge is 2.12. The Labute approximate surface area is 125 Å². The van der Waals surface area contributed by atoms with Crippen LogP contribution >= 0.6 is 0 Å². The van der Waals surface area contributed by atoms with Crippen LogP contribution in [-0.2, 0) is 20.7 Å². The molecule has 0 aliphatic heterocycles. The first-order valence-corrected chi connectivity index (χ1v) is 6.98. The van der Waals surface area contributed by atoms with Crippen LogP contribution in [0.2, 0.25) is 0 Å². The minimum absolute atomic E-state index is 0.0856. The SMILES string of the molecule is COc1ccc(C)cc1CC(=O)OCC(=O)NCC(C)C. The van der Waals surface area contributed by atoms with E-state index in [1.165, 1.54) is 0 Å². The molecule has 0 saturated heterocycles. The molecule has 0 atom stereocenters. The number of amides is 1. The second-order valence-electron chi connectivity index (χ2n) is 5.35. The number of hydrogen-bond acceptors (Lipinski definition) is 4. The molecule has 0 spiro atoms. The molecule has 21 heavy (non-hydrogen) atoms. The van der Waals surface area contributed by atoms with Crippen LogP contribution in [0.15, 0.2) is 18.2 Å². The van der Waals surface area contributed by atoms with Crippen molar-refractivity contribution in [2.24, 2.45) is 5.92 Å². The first kappa shape index (κ1) is 17.0. The quantitative estimate of drug-likeness (QED) is 0.779. The van der Waals surface area contributed by atoms with Gasteiger partial charge < -0.3 is 14.8 Å². The van der Waals surface area contributed by atoms with Crippen molar-refractivity contribution in [1.29, 1.82) is 0 Å². The molecule has 1 N–H and O–H groups in total. The van der Waals surface area contributed by atoms with Crippen molar-refractivity contribution in [1.82, 2.24) is 5.32 Å². The lowest BCUT2D eigenvalue weighted by molar-refractivity contribution is -0.147. The van der Waals surface area contributed by atoms with E-state index in [9.17, 15) is 9.59 Å². The summed E-state index contributed by atoms with van der Waals surface area (Å²) >= 11 is 0. The van der Waals surface area contributed by atoms with Crippen LogP contribution in [0.25, 0.3) is 0 Å². The van der Waals surface area contributed by atoms with Crippen molar-refractivity contribution in [3.8, 4) is 5.75 Å². The molecule has 116 valence electrons. The Morgan fingerprint density at radius 2 is 2.00 bits per heavy atom. The standard InChI is InChI=1S/C16H23NO4/c1-11(2)9-17-15(18)10-21-16(19)8-13-7-12(3)5-6-14(13)20-4/h5-7,11H,8-10H2,1-4H3,(H,17,18). The summed E-state index contributed by atoms with van der Waals surface area (Å²) in [7, 11) is 1.55. The molecule has 0 aliphatic rings. The highest BCUT2D eigenvalue weighted by Crippen LogP contribution is 2.20. The molecule has 1 aromatic rings. The number of carbonyl (C=O) groups is 2. The third-order valence-corrected chi connectivity index (χ3v) is 2.84. The average molecular weight is 293 g/mol. The fourth-order valence-electron chi connectivity index (χ4n) is 1.77. The number of esters is 1. The lowest BCUT2D eigenvalue weighted by Gasteiger charge is -2.10. The van der Waals surface area contributed by atoms with E-state index in [0.29, 0.717) is 18.2 Å². The number of ether oxygens (including phenoxy) is 2. The maximum Gasteiger partial charge on any atom is 0.310 e. The van der Waals surface area contributed by atoms with E-state index < -0.39 is 5.97 Å². The van der Waals surface area contributed by atoms with E-state index in [-0.39, 0.29) is 18.9 Å². The number of aryl methyl sites for hydroxylation is 1. The molecule has 1 rings (SSSR count). The van der Waals surface area contributed by atoms with Gasteiger partial charge in [0.05, 0.1) is 13.5 Å². The highest BCUT2D eigenvalue weighted by atomic mass is 16.5. The van der Waals surface area contributed by atoms with Crippen LogP contribution < -0.4 is 10.1 Å². The number of nitrogens with one attached hydrogen (secondary N) is 1. The molecule has 5 heteroatoms. The molecule has 5 nitrogen and oxygen atoms in total. The van der Waals surface area contributed by atoms with Gasteiger partial charge in [0.25, 0.3) is 5.91 Å². The molecule has 0 heterocycles. The fourth-order valence-corrected chi connectivity index (χ4v) is 1.77. The van der Waals surface area contributed by atoms with E-state index in [1.54, 1.807) is 7.11 Å². The number of carbonyl (C=O) groups excluding carboxylic acids is 2. The van der Waals surface area contributed by atoms with Crippen LogP contribution in [-0.4, -0.2) is 32.1 Å². The summed E-state index contributed by atoms with van der Waals surface area (Å²) in [5.74, 6) is 0.273. The van der Waals surface area contributed by atoms with Crippen molar-refractivity contribution >= 4 is 11.9 Å². The van der Waals surface area contributed by atoms with E-state index >= 15 is 0 Å². The minimum Gasteiger partial charge on any atom is -0.496 e. The van der Waals surface area contributed by atoms with Gasteiger partial charge in [-0.2, -0.15) is 0 Å². The summed E-state index contributed by atoms with van der Waals surface area (Å²) in [5, 5.41) is 2.69. The maximum atomic E-state index is 11.8. The third-order valence-electron chi connectivity index (χ3n) is 2.84. The highest BCUT2D eigenvalue weighted by molar-refractivity contribution is 5.81.